The van der Waals surface area contributed by atoms with Gasteiger partial charge in [0.2, 0.25) is 0 Å². The van der Waals surface area contributed by atoms with Gasteiger partial charge in [0.05, 0.1) is 12.4 Å². The van der Waals surface area contributed by atoms with Crippen LogP contribution in [0.25, 0.3) is 22.4 Å². The van der Waals surface area contributed by atoms with Crippen LogP contribution >= 0.6 is 0 Å². The van der Waals surface area contributed by atoms with Crippen LogP contribution in [0.1, 0.15) is 36.9 Å². The van der Waals surface area contributed by atoms with Gasteiger partial charge < -0.3 is 9.84 Å². The number of sulfone groups is 1. The standard InChI is InChI=1S/C29H35FN2O5S/c1-20-8-13-24(25(30)16-20)29-28(23-6-4-3-5-7-23)26(14-15-38(2,35)36)32(31-29)17-21-9-11-22(12-10-21)18-37-19-27(33)34/h3-8,13,16,21-22H,9-12,14-15,17-19H2,1-2H3,(H,33,34)/t21-,22-. The number of benzene rings is 2. The van der Waals surface area contributed by atoms with Crippen LogP contribution in [0.2, 0.25) is 0 Å². The van der Waals surface area contributed by atoms with Crippen molar-refractivity contribution >= 4 is 15.8 Å². The first-order valence-corrected chi connectivity index (χ1v) is 15.1. The minimum atomic E-state index is -3.23. The molecule has 7 nitrogen and oxygen atoms in total. The van der Waals surface area contributed by atoms with Crippen molar-refractivity contribution in [3.63, 3.8) is 0 Å². The number of ether oxygens (including phenoxy) is 1. The second-order valence-electron chi connectivity index (χ2n) is 10.4. The maximum atomic E-state index is 15.2. The number of hydrogen-bond acceptors (Lipinski definition) is 5. The normalized spacial score (nSPS) is 18.0. The lowest BCUT2D eigenvalue weighted by molar-refractivity contribution is -0.142. The molecule has 204 valence electrons. The molecule has 1 aromatic heterocycles. The number of rotatable bonds is 11. The molecule has 0 bridgehead atoms. The highest BCUT2D eigenvalue weighted by atomic mass is 32.2. The summed E-state index contributed by atoms with van der Waals surface area (Å²) in [5.74, 6) is -0.702. The molecule has 0 unspecified atom stereocenters. The summed E-state index contributed by atoms with van der Waals surface area (Å²) in [5.41, 5.74) is 4.17. The van der Waals surface area contributed by atoms with E-state index in [0.717, 1.165) is 48.1 Å². The van der Waals surface area contributed by atoms with E-state index >= 15 is 4.39 Å². The average molecular weight is 543 g/mol. The summed E-state index contributed by atoms with van der Waals surface area (Å²) in [5, 5.41) is 13.7. The van der Waals surface area contributed by atoms with Gasteiger partial charge >= 0.3 is 5.97 Å². The van der Waals surface area contributed by atoms with Crippen molar-refractivity contribution in [1.82, 2.24) is 9.78 Å². The van der Waals surface area contributed by atoms with Crippen molar-refractivity contribution < 1.29 is 27.4 Å². The topological polar surface area (TPSA) is 98.5 Å². The van der Waals surface area contributed by atoms with E-state index in [9.17, 15) is 13.2 Å². The van der Waals surface area contributed by atoms with Crippen LogP contribution in [0.3, 0.4) is 0 Å². The molecule has 3 aromatic rings. The van der Waals surface area contributed by atoms with E-state index in [1.807, 2.05) is 48.0 Å². The predicted octanol–water partition coefficient (Wildman–Crippen LogP) is 5.16. The van der Waals surface area contributed by atoms with Crippen LogP contribution in [-0.2, 0) is 32.3 Å². The second kappa shape index (κ2) is 12.2. The van der Waals surface area contributed by atoms with Gasteiger partial charge in [-0.15, -0.1) is 0 Å². The third kappa shape index (κ3) is 7.29. The van der Waals surface area contributed by atoms with Crippen LogP contribution in [0, 0.1) is 24.6 Å². The molecule has 1 fully saturated rings. The van der Waals surface area contributed by atoms with Gasteiger partial charge in [0.1, 0.15) is 28.0 Å². The summed E-state index contributed by atoms with van der Waals surface area (Å²) in [6, 6.07) is 14.7. The highest BCUT2D eigenvalue weighted by molar-refractivity contribution is 7.90. The van der Waals surface area contributed by atoms with Gasteiger partial charge in [-0.1, -0.05) is 36.4 Å². The smallest absolute Gasteiger partial charge is 0.329 e. The Balaban J connectivity index is 1.67. The van der Waals surface area contributed by atoms with Gasteiger partial charge in [-0.2, -0.15) is 5.10 Å². The molecule has 38 heavy (non-hydrogen) atoms. The molecular formula is C29H35FN2O5S. The minimum absolute atomic E-state index is 0.0258. The molecule has 0 atom stereocenters. The van der Waals surface area contributed by atoms with Crippen LogP contribution in [-0.4, -0.2) is 54.5 Å². The Bertz CT molecular complexity index is 1360. The first kappa shape index (κ1) is 28.0. The summed E-state index contributed by atoms with van der Waals surface area (Å²) >= 11 is 0. The van der Waals surface area contributed by atoms with Gasteiger partial charge in [0.15, 0.2) is 0 Å². The highest BCUT2D eigenvalue weighted by Gasteiger charge is 2.27. The SMILES string of the molecule is Cc1ccc(-c2nn(C[C@H]3CC[C@H](COCC(=O)O)CC3)c(CCS(C)(=O)=O)c2-c2ccccc2)c(F)c1. The lowest BCUT2D eigenvalue weighted by Gasteiger charge is -2.28. The summed E-state index contributed by atoms with van der Waals surface area (Å²) < 4.78 is 46.7. The number of carbonyl (C=O) groups is 1. The van der Waals surface area contributed by atoms with Gasteiger partial charge in [-0.05, 0) is 67.7 Å². The van der Waals surface area contributed by atoms with E-state index in [0.29, 0.717) is 36.2 Å². The number of halogens is 1. The maximum absolute atomic E-state index is 15.2. The molecule has 0 saturated heterocycles. The van der Waals surface area contributed by atoms with E-state index in [1.165, 1.54) is 12.3 Å². The zero-order chi connectivity index (χ0) is 27.3. The van der Waals surface area contributed by atoms with Gasteiger partial charge in [-0.25, -0.2) is 17.6 Å². The molecule has 4 rings (SSSR count). The van der Waals surface area contributed by atoms with E-state index in [-0.39, 0.29) is 24.6 Å². The van der Waals surface area contributed by atoms with Crippen LogP contribution in [0.4, 0.5) is 4.39 Å². The highest BCUT2D eigenvalue weighted by Crippen LogP contribution is 2.38. The fourth-order valence-electron chi connectivity index (χ4n) is 5.23. The Labute approximate surface area is 223 Å². The molecule has 1 saturated carbocycles. The monoisotopic (exact) mass is 542 g/mol. The Morgan fingerprint density at radius 3 is 2.42 bits per heavy atom. The lowest BCUT2D eigenvalue weighted by Crippen LogP contribution is -2.24. The van der Waals surface area contributed by atoms with Crippen molar-refractivity contribution in [2.24, 2.45) is 11.8 Å². The molecule has 1 aliphatic carbocycles. The van der Waals surface area contributed by atoms with E-state index < -0.39 is 15.8 Å². The van der Waals surface area contributed by atoms with Crippen LogP contribution in [0.15, 0.2) is 48.5 Å². The van der Waals surface area contributed by atoms with E-state index in [2.05, 4.69) is 0 Å². The molecular weight excluding hydrogens is 507 g/mol. The van der Waals surface area contributed by atoms with Gasteiger partial charge in [0.25, 0.3) is 0 Å². The summed E-state index contributed by atoms with van der Waals surface area (Å²) in [6.07, 6.45) is 5.22. The first-order chi connectivity index (χ1) is 18.1. The average Bonchev–Trinajstić information content (AvgIpc) is 3.21. The number of aliphatic carboxylic acids is 1. The number of carboxylic acids is 1. The number of aromatic nitrogens is 2. The molecule has 1 heterocycles. The zero-order valence-corrected chi connectivity index (χ0v) is 22.7. The second-order valence-corrected chi connectivity index (χ2v) is 12.6. The Hall–Kier alpha value is -3.04. The van der Waals surface area contributed by atoms with Gasteiger partial charge in [-0.3, -0.25) is 4.68 Å². The van der Waals surface area contributed by atoms with Gasteiger partial charge in [0, 0.05) is 36.0 Å². The third-order valence-corrected chi connectivity index (χ3v) is 8.13. The Kier molecular flexibility index (Phi) is 8.99. The number of hydrogen-bond donors (Lipinski definition) is 1. The fraction of sp³-hybridized carbons (Fsp3) is 0.448. The number of aryl methyl sites for hydroxylation is 1. The minimum Gasteiger partial charge on any atom is -0.480 e. The zero-order valence-electron chi connectivity index (χ0n) is 21.9. The molecule has 0 radical (unpaired) electrons. The van der Waals surface area contributed by atoms with Crippen molar-refractivity contribution in [3.05, 3.63) is 65.6 Å². The summed E-state index contributed by atoms with van der Waals surface area (Å²) in [7, 11) is -3.23. The molecule has 0 spiro atoms. The molecule has 9 heteroatoms. The van der Waals surface area contributed by atoms with Crippen LogP contribution < -0.4 is 0 Å². The Morgan fingerprint density at radius 1 is 1.11 bits per heavy atom. The lowest BCUT2D eigenvalue weighted by atomic mass is 9.82. The molecule has 0 amide bonds. The number of nitrogens with zero attached hydrogens (tertiary/aromatic N) is 2. The molecule has 1 aliphatic rings. The van der Waals surface area contributed by atoms with Crippen molar-refractivity contribution in [2.45, 2.75) is 45.6 Å². The quantitative estimate of drug-likeness (QED) is 0.359. The summed E-state index contributed by atoms with van der Waals surface area (Å²) in [4.78, 5) is 10.7. The first-order valence-electron chi connectivity index (χ1n) is 13.0. The molecule has 0 aliphatic heterocycles. The maximum Gasteiger partial charge on any atom is 0.329 e. The molecule has 1 N–H and O–H groups in total. The fourth-order valence-corrected chi connectivity index (χ4v) is 5.80. The summed E-state index contributed by atoms with van der Waals surface area (Å²) in [6.45, 7) is 2.60. The largest absolute Gasteiger partial charge is 0.480 e. The Morgan fingerprint density at radius 2 is 1.79 bits per heavy atom. The third-order valence-electron chi connectivity index (χ3n) is 7.19. The van der Waals surface area contributed by atoms with E-state index in [4.69, 9.17) is 14.9 Å². The predicted molar refractivity (Wildman–Crippen MR) is 145 cm³/mol. The number of carboxylic acid groups (broad SMARTS) is 1. The van der Waals surface area contributed by atoms with Crippen molar-refractivity contribution in [1.29, 1.82) is 0 Å². The van der Waals surface area contributed by atoms with Crippen molar-refractivity contribution in [3.8, 4) is 22.4 Å². The van der Waals surface area contributed by atoms with Crippen molar-refractivity contribution in [2.75, 3.05) is 25.2 Å². The van der Waals surface area contributed by atoms with E-state index in [1.54, 1.807) is 6.07 Å². The van der Waals surface area contributed by atoms with Crippen LogP contribution in [0.5, 0.6) is 0 Å². The molecule has 2 aromatic carbocycles.